The Balaban J connectivity index is 1.86. The molecule has 0 aliphatic heterocycles. The first-order valence-electron chi connectivity index (χ1n) is 6.73. The molecule has 0 radical (unpaired) electrons. The number of nitrogens with one attached hydrogen (secondary N) is 3. The van der Waals surface area contributed by atoms with E-state index in [1.165, 1.54) is 0 Å². The zero-order valence-electron chi connectivity index (χ0n) is 12.3. The highest BCUT2D eigenvalue weighted by atomic mass is 32.2. The fraction of sp³-hybridized carbons (Fsp3) is 0.417. The molecule has 0 aliphatic rings. The van der Waals surface area contributed by atoms with Crippen LogP contribution in [0.4, 0.5) is 11.6 Å². The predicted octanol–water partition coefficient (Wildman–Crippen LogP) is 0.595. The molecule has 0 aromatic carbocycles. The van der Waals surface area contributed by atoms with Crippen LogP contribution in [0.1, 0.15) is 12.7 Å². The topological polar surface area (TPSA) is 122 Å². The third-order valence-electron chi connectivity index (χ3n) is 2.64. The summed E-state index contributed by atoms with van der Waals surface area (Å²) >= 11 is 0. The van der Waals surface area contributed by atoms with E-state index < -0.39 is 10.0 Å². The molecule has 0 bridgehead atoms. The van der Waals surface area contributed by atoms with Crippen molar-refractivity contribution in [2.75, 3.05) is 30.3 Å². The van der Waals surface area contributed by atoms with Crippen LogP contribution in [-0.2, 0) is 10.0 Å². The van der Waals surface area contributed by atoms with Crippen LogP contribution in [0.15, 0.2) is 27.9 Å². The van der Waals surface area contributed by atoms with Crippen LogP contribution in [0.3, 0.4) is 0 Å². The Bertz CT molecular complexity index is 702. The lowest BCUT2D eigenvalue weighted by molar-refractivity contribution is 0.417. The monoisotopic (exact) mass is 326 g/mol. The third kappa shape index (κ3) is 4.40. The molecule has 0 unspecified atom stereocenters. The molecule has 0 fully saturated rings. The molecule has 2 heterocycles. The summed E-state index contributed by atoms with van der Waals surface area (Å²) in [6.45, 7) is 5.11. The van der Waals surface area contributed by atoms with Crippen molar-refractivity contribution in [3.63, 3.8) is 0 Å². The fourth-order valence-corrected chi connectivity index (χ4v) is 2.61. The minimum Gasteiger partial charge on any atom is -0.370 e. The van der Waals surface area contributed by atoms with E-state index in [1.807, 2.05) is 6.92 Å². The van der Waals surface area contributed by atoms with Gasteiger partial charge >= 0.3 is 0 Å². The quantitative estimate of drug-likeness (QED) is 0.603. The Morgan fingerprint density at radius 1 is 1.18 bits per heavy atom. The molecule has 2 aromatic rings. The van der Waals surface area contributed by atoms with Crippen molar-refractivity contribution in [2.45, 2.75) is 18.7 Å². The lowest BCUT2D eigenvalue weighted by Crippen LogP contribution is -2.28. The molecule has 3 N–H and O–H groups in total. The van der Waals surface area contributed by atoms with E-state index in [0.717, 1.165) is 24.8 Å². The highest BCUT2D eigenvalue weighted by Crippen LogP contribution is 2.10. The van der Waals surface area contributed by atoms with Crippen molar-refractivity contribution in [1.82, 2.24) is 19.8 Å². The molecule has 9 nitrogen and oxygen atoms in total. The van der Waals surface area contributed by atoms with Crippen molar-refractivity contribution in [3.05, 3.63) is 24.4 Å². The number of nitrogens with zero attached hydrogens (tertiary/aromatic N) is 3. The third-order valence-corrected chi connectivity index (χ3v) is 4.05. The van der Waals surface area contributed by atoms with E-state index >= 15 is 0 Å². The Labute approximate surface area is 128 Å². The molecular formula is C12H18N6O3S. The summed E-state index contributed by atoms with van der Waals surface area (Å²) in [6, 6.07) is 1.77. The Morgan fingerprint density at radius 3 is 2.55 bits per heavy atom. The number of aryl methyl sites for hydroxylation is 1. The Kier molecular flexibility index (Phi) is 5.28. The first kappa shape index (κ1) is 16.2. The van der Waals surface area contributed by atoms with Crippen LogP contribution in [-0.4, -0.2) is 43.2 Å². The molecule has 0 saturated heterocycles. The first-order valence-corrected chi connectivity index (χ1v) is 8.22. The number of aromatic nitrogens is 3. The lowest BCUT2D eigenvalue weighted by atomic mass is 10.4. The molecule has 0 aliphatic carbocycles. The van der Waals surface area contributed by atoms with Crippen LogP contribution in [0.25, 0.3) is 0 Å². The van der Waals surface area contributed by atoms with Gasteiger partial charge in [-0.3, -0.25) is 0 Å². The van der Waals surface area contributed by atoms with Gasteiger partial charge in [0.05, 0.1) is 6.20 Å². The average Bonchev–Trinajstić information content (AvgIpc) is 2.98. The zero-order valence-corrected chi connectivity index (χ0v) is 13.1. The average molecular weight is 326 g/mol. The maximum absolute atomic E-state index is 11.8. The van der Waals surface area contributed by atoms with Crippen molar-refractivity contribution in [1.29, 1.82) is 0 Å². The van der Waals surface area contributed by atoms with Gasteiger partial charge in [0.1, 0.15) is 28.6 Å². The number of sulfonamides is 1. The summed E-state index contributed by atoms with van der Waals surface area (Å²) in [6.07, 6.45) is 2.22. The molecule has 2 aromatic heterocycles. The van der Waals surface area contributed by atoms with E-state index in [2.05, 4.69) is 35.0 Å². The lowest BCUT2D eigenvalue weighted by Gasteiger charge is -2.09. The molecule has 0 saturated carbocycles. The van der Waals surface area contributed by atoms with Gasteiger partial charge in [-0.2, -0.15) is 0 Å². The standard InChI is InChI=1S/C12H18N6O3S/c1-3-13-11-6-12(18-9(2)17-11)14-4-5-16-22(19,20)10-7-15-21-8-10/h6-8,16H,3-5H2,1-2H3,(H2,13,14,17,18). The maximum Gasteiger partial charge on any atom is 0.245 e. The van der Waals surface area contributed by atoms with E-state index in [0.29, 0.717) is 18.2 Å². The van der Waals surface area contributed by atoms with Crippen LogP contribution in [0.2, 0.25) is 0 Å². The van der Waals surface area contributed by atoms with Gasteiger partial charge in [0.25, 0.3) is 0 Å². The van der Waals surface area contributed by atoms with Gasteiger partial charge in [-0.15, -0.1) is 0 Å². The minimum absolute atomic E-state index is 0.000174. The van der Waals surface area contributed by atoms with Crippen molar-refractivity contribution in [2.24, 2.45) is 0 Å². The number of hydrogen-bond acceptors (Lipinski definition) is 8. The summed E-state index contributed by atoms with van der Waals surface area (Å²) in [4.78, 5) is 8.47. The molecule has 120 valence electrons. The van der Waals surface area contributed by atoms with Crippen LogP contribution < -0.4 is 15.4 Å². The normalized spacial score (nSPS) is 11.4. The molecule has 10 heteroatoms. The molecule has 22 heavy (non-hydrogen) atoms. The van der Waals surface area contributed by atoms with Crippen molar-refractivity contribution >= 4 is 21.7 Å². The summed E-state index contributed by atoms with van der Waals surface area (Å²) in [5.74, 6) is 1.99. The Hall–Kier alpha value is -2.20. The smallest absolute Gasteiger partial charge is 0.245 e. The molecule has 2 rings (SSSR count). The van der Waals surface area contributed by atoms with E-state index in [4.69, 9.17) is 0 Å². The second-order valence-electron chi connectivity index (χ2n) is 4.40. The molecular weight excluding hydrogens is 308 g/mol. The van der Waals surface area contributed by atoms with E-state index in [9.17, 15) is 8.42 Å². The molecule has 0 atom stereocenters. The highest BCUT2D eigenvalue weighted by Gasteiger charge is 2.15. The molecule has 0 amide bonds. The van der Waals surface area contributed by atoms with Crippen molar-refractivity contribution in [3.8, 4) is 0 Å². The summed E-state index contributed by atoms with van der Waals surface area (Å²) in [5, 5.41) is 9.51. The number of rotatable bonds is 8. The van der Waals surface area contributed by atoms with Gasteiger partial charge in [0, 0.05) is 25.7 Å². The van der Waals surface area contributed by atoms with Gasteiger partial charge in [-0.1, -0.05) is 5.16 Å². The summed E-state index contributed by atoms with van der Waals surface area (Å²) in [5.41, 5.74) is 0. The number of hydrogen-bond donors (Lipinski definition) is 3. The minimum atomic E-state index is -3.59. The van der Waals surface area contributed by atoms with E-state index in [1.54, 1.807) is 13.0 Å². The maximum atomic E-state index is 11.8. The van der Waals surface area contributed by atoms with Crippen molar-refractivity contribution < 1.29 is 12.9 Å². The predicted molar refractivity (Wildman–Crippen MR) is 81.1 cm³/mol. The SMILES string of the molecule is CCNc1cc(NCCNS(=O)(=O)c2cnoc2)nc(C)n1. The Morgan fingerprint density at radius 2 is 1.91 bits per heavy atom. The van der Waals surface area contributed by atoms with Crippen LogP contribution >= 0.6 is 0 Å². The second kappa shape index (κ2) is 7.18. The second-order valence-corrected chi connectivity index (χ2v) is 6.17. The van der Waals surface area contributed by atoms with Gasteiger partial charge in [0.2, 0.25) is 10.0 Å². The first-order chi connectivity index (χ1) is 10.5. The zero-order chi connectivity index (χ0) is 16.0. The van der Waals surface area contributed by atoms with Gasteiger partial charge < -0.3 is 15.2 Å². The van der Waals surface area contributed by atoms with Gasteiger partial charge in [-0.25, -0.2) is 23.1 Å². The fourth-order valence-electron chi connectivity index (χ4n) is 1.72. The largest absolute Gasteiger partial charge is 0.370 e. The van der Waals surface area contributed by atoms with Crippen LogP contribution in [0.5, 0.6) is 0 Å². The van der Waals surface area contributed by atoms with Crippen LogP contribution in [0, 0.1) is 6.92 Å². The number of anilines is 2. The summed E-state index contributed by atoms with van der Waals surface area (Å²) < 4.78 is 30.6. The van der Waals surface area contributed by atoms with Gasteiger partial charge in [0.15, 0.2) is 0 Å². The summed E-state index contributed by atoms with van der Waals surface area (Å²) in [7, 11) is -3.59. The van der Waals surface area contributed by atoms with E-state index in [-0.39, 0.29) is 11.4 Å². The van der Waals surface area contributed by atoms with Gasteiger partial charge in [-0.05, 0) is 13.8 Å². The highest BCUT2D eigenvalue weighted by molar-refractivity contribution is 7.89. The molecule has 0 spiro atoms.